The maximum atomic E-state index is 10.5. The highest BCUT2D eigenvalue weighted by Crippen LogP contribution is 2.06. The first kappa shape index (κ1) is 11.1. The molecule has 0 saturated carbocycles. The zero-order chi connectivity index (χ0) is 9.40. The van der Waals surface area contributed by atoms with E-state index >= 15 is 0 Å². The van der Waals surface area contributed by atoms with E-state index in [-0.39, 0.29) is 11.8 Å². The van der Waals surface area contributed by atoms with E-state index in [1.54, 1.807) is 0 Å². The molecule has 1 heterocycles. The van der Waals surface area contributed by atoms with Crippen LogP contribution in [0, 0.1) is 0 Å². The fourth-order valence-corrected chi connectivity index (χ4v) is 0.806. The summed E-state index contributed by atoms with van der Waals surface area (Å²) >= 11 is 0. The molecule has 3 heteroatoms. The number of ether oxygens (including phenoxy) is 1. The van der Waals surface area contributed by atoms with Crippen molar-refractivity contribution in [3.05, 3.63) is 0 Å². The van der Waals surface area contributed by atoms with Crippen molar-refractivity contribution in [2.75, 3.05) is 6.61 Å². The number of esters is 1. The standard InChI is InChI=1S/C6H10O2.C3H6O/c7-6-4-2-1-3-5-8-6;1-3(2)4/h1-5H2;1-2H3. The number of carbonyl (C=O) groups is 2. The van der Waals surface area contributed by atoms with Crippen molar-refractivity contribution in [3.63, 3.8) is 0 Å². The molecule has 1 fully saturated rings. The lowest BCUT2D eigenvalue weighted by Crippen LogP contribution is -2.00. The Bertz CT molecular complexity index is 138. The Labute approximate surface area is 73.1 Å². The van der Waals surface area contributed by atoms with Crippen LogP contribution < -0.4 is 0 Å². The van der Waals surface area contributed by atoms with Crippen molar-refractivity contribution in [1.82, 2.24) is 0 Å². The molecule has 0 aromatic rings. The summed E-state index contributed by atoms with van der Waals surface area (Å²) in [5, 5.41) is 0. The van der Waals surface area contributed by atoms with E-state index in [0.29, 0.717) is 13.0 Å². The van der Waals surface area contributed by atoms with Crippen LogP contribution >= 0.6 is 0 Å². The predicted octanol–water partition coefficient (Wildman–Crippen LogP) is 1.70. The number of hydrogen-bond acceptors (Lipinski definition) is 3. The van der Waals surface area contributed by atoms with Crippen molar-refractivity contribution >= 4 is 11.8 Å². The first-order chi connectivity index (χ1) is 5.63. The molecule has 0 atom stereocenters. The molecule has 0 amide bonds. The van der Waals surface area contributed by atoms with E-state index in [1.165, 1.54) is 13.8 Å². The molecule has 3 nitrogen and oxygen atoms in total. The van der Waals surface area contributed by atoms with Gasteiger partial charge in [0.05, 0.1) is 6.61 Å². The summed E-state index contributed by atoms with van der Waals surface area (Å²) in [6, 6.07) is 0. The minimum Gasteiger partial charge on any atom is -0.466 e. The third-order valence-electron chi connectivity index (χ3n) is 1.29. The summed E-state index contributed by atoms with van der Waals surface area (Å²) in [4.78, 5) is 19.9. The highest BCUT2D eigenvalue weighted by Gasteiger charge is 2.05. The molecule has 0 unspecified atom stereocenters. The van der Waals surface area contributed by atoms with Gasteiger partial charge in [-0.1, -0.05) is 0 Å². The summed E-state index contributed by atoms with van der Waals surface area (Å²) < 4.78 is 4.76. The number of ketones is 1. The topological polar surface area (TPSA) is 43.4 Å². The Morgan fingerprint density at radius 1 is 1.25 bits per heavy atom. The number of rotatable bonds is 0. The van der Waals surface area contributed by atoms with Crippen LogP contribution in [0.4, 0.5) is 0 Å². The fraction of sp³-hybridized carbons (Fsp3) is 0.778. The predicted molar refractivity (Wildman–Crippen MR) is 45.8 cm³/mol. The highest BCUT2D eigenvalue weighted by atomic mass is 16.5. The van der Waals surface area contributed by atoms with Crippen LogP contribution in [0.3, 0.4) is 0 Å². The monoisotopic (exact) mass is 172 g/mol. The van der Waals surface area contributed by atoms with Gasteiger partial charge in [-0.2, -0.15) is 0 Å². The Hall–Kier alpha value is -0.860. The van der Waals surface area contributed by atoms with Gasteiger partial charge in [0.15, 0.2) is 0 Å². The molecule has 12 heavy (non-hydrogen) atoms. The van der Waals surface area contributed by atoms with Crippen LogP contribution in [0.5, 0.6) is 0 Å². The number of carbonyl (C=O) groups excluding carboxylic acids is 2. The summed E-state index contributed by atoms with van der Waals surface area (Å²) in [5.41, 5.74) is 0. The molecule has 1 saturated heterocycles. The van der Waals surface area contributed by atoms with Gasteiger partial charge in [-0.25, -0.2) is 0 Å². The largest absolute Gasteiger partial charge is 0.466 e. The third-order valence-corrected chi connectivity index (χ3v) is 1.29. The average molecular weight is 172 g/mol. The van der Waals surface area contributed by atoms with Gasteiger partial charge in [0.2, 0.25) is 0 Å². The lowest BCUT2D eigenvalue weighted by Gasteiger charge is -1.93. The second-order valence-corrected chi connectivity index (χ2v) is 2.94. The summed E-state index contributed by atoms with van der Waals surface area (Å²) in [5.74, 6) is 0.141. The molecule has 0 aromatic heterocycles. The SMILES string of the molecule is CC(C)=O.O=C1CCCCCO1. The number of hydrogen-bond donors (Lipinski definition) is 0. The Kier molecular flexibility index (Phi) is 6.34. The molecule has 1 aliphatic rings. The Morgan fingerprint density at radius 3 is 2.42 bits per heavy atom. The molecule has 0 aromatic carbocycles. The normalized spacial score (nSPS) is 16.7. The lowest BCUT2D eigenvalue weighted by molar-refractivity contribution is -0.142. The first-order valence-corrected chi connectivity index (χ1v) is 4.25. The highest BCUT2D eigenvalue weighted by molar-refractivity contribution is 5.72. The van der Waals surface area contributed by atoms with Gasteiger partial charge in [0.1, 0.15) is 5.78 Å². The van der Waals surface area contributed by atoms with Crippen LogP contribution in [-0.4, -0.2) is 18.4 Å². The quantitative estimate of drug-likeness (QED) is 0.522. The van der Waals surface area contributed by atoms with Gasteiger partial charge in [0.25, 0.3) is 0 Å². The van der Waals surface area contributed by atoms with Gasteiger partial charge >= 0.3 is 5.97 Å². The van der Waals surface area contributed by atoms with Gasteiger partial charge in [-0.15, -0.1) is 0 Å². The summed E-state index contributed by atoms with van der Waals surface area (Å²) in [7, 11) is 0. The average Bonchev–Trinajstić information content (AvgIpc) is 2.14. The molecule has 0 spiro atoms. The van der Waals surface area contributed by atoms with Crippen LogP contribution in [-0.2, 0) is 14.3 Å². The first-order valence-electron chi connectivity index (χ1n) is 4.25. The van der Waals surface area contributed by atoms with E-state index in [9.17, 15) is 9.59 Å². The van der Waals surface area contributed by atoms with E-state index in [0.717, 1.165) is 19.3 Å². The second kappa shape index (κ2) is 6.83. The molecule has 70 valence electrons. The maximum absolute atomic E-state index is 10.5. The smallest absolute Gasteiger partial charge is 0.305 e. The Morgan fingerprint density at radius 2 is 1.83 bits per heavy atom. The van der Waals surface area contributed by atoms with Gasteiger partial charge in [-0.3, -0.25) is 4.79 Å². The van der Waals surface area contributed by atoms with Gasteiger partial charge < -0.3 is 9.53 Å². The van der Waals surface area contributed by atoms with Crippen LogP contribution in [0.2, 0.25) is 0 Å². The summed E-state index contributed by atoms with van der Waals surface area (Å²) in [6.07, 6.45) is 3.83. The van der Waals surface area contributed by atoms with E-state index in [2.05, 4.69) is 0 Å². The minimum atomic E-state index is -0.0255. The van der Waals surface area contributed by atoms with Gasteiger partial charge in [0, 0.05) is 6.42 Å². The molecule has 0 bridgehead atoms. The molecule has 0 radical (unpaired) electrons. The second-order valence-electron chi connectivity index (χ2n) is 2.94. The maximum Gasteiger partial charge on any atom is 0.305 e. The van der Waals surface area contributed by atoms with E-state index in [1.807, 2.05) is 0 Å². The Balaban J connectivity index is 0.000000261. The molecule has 1 rings (SSSR count). The van der Waals surface area contributed by atoms with Gasteiger partial charge in [-0.05, 0) is 33.1 Å². The van der Waals surface area contributed by atoms with Crippen LogP contribution in [0.15, 0.2) is 0 Å². The van der Waals surface area contributed by atoms with Crippen molar-refractivity contribution < 1.29 is 14.3 Å². The number of cyclic esters (lactones) is 1. The van der Waals surface area contributed by atoms with Crippen molar-refractivity contribution in [3.8, 4) is 0 Å². The molecule has 1 aliphatic heterocycles. The van der Waals surface area contributed by atoms with Crippen LogP contribution in [0.1, 0.15) is 39.5 Å². The minimum absolute atomic E-state index is 0.0255. The third kappa shape index (κ3) is 9.14. The van der Waals surface area contributed by atoms with Crippen molar-refractivity contribution in [2.45, 2.75) is 39.5 Å². The molecule has 0 N–H and O–H groups in total. The van der Waals surface area contributed by atoms with Crippen LogP contribution in [0.25, 0.3) is 0 Å². The van der Waals surface area contributed by atoms with E-state index in [4.69, 9.17) is 4.74 Å². The number of Topliss-reactive ketones (excluding diaryl/α,β-unsaturated/α-hetero) is 1. The zero-order valence-electron chi connectivity index (χ0n) is 7.76. The van der Waals surface area contributed by atoms with Crippen molar-refractivity contribution in [1.29, 1.82) is 0 Å². The van der Waals surface area contributed by atoms with E-state index < -0.39 is 0 Å². The summed E-state index contributed by atoms with van der Waals surface area (Å²) in [6.45, 7) is 3.69. The molecular formula is C9H16O3. The van der Waals surface area contributed by atoms with Crippen molar-refractivity contribution in [2.24, 2.45) is 0 Å². The molecular weight excluding hydrogens is 156 g/mol. The molecule has 0 aliphatic carbocycles. The fourth-order valence-electron chi connectivity index (χ4n) is 0.806. The lowest BCUT2D eigenvalue weighted by atomic mass is 10.2. The zero-order valence-corrected chi connectivity index (χ0v) is 7.76.